The fourth-order valence-corrected chi connectivity index (χ4v) is 2.20. The maximum atomic E-state index is 11.2. The summed E-state index contributed by atoms with van der Waals surface area (Å²) in [6, 6.07) is 9.55. The highest BCUT2D eigenvalue weighted by Gasteiger charge is 2.09. The predicted octanol–water partition coefficient (Wildman–Crippen LogP) is 3.97. The van der Waals surface area contributed by atoms with Gasteiger partial charge in [0.15, 0.2) is 0 Å². The molecule has 19 heavy (non-hydrogen) atoms. The summed E-state index contributed by atoms with van der Waals surface area (Å²) in [5.74, 6) is -0.566. The Bertz CT molecular complexity index is 519. The number of esters is 1. The fourth-order valence-electron chi connectivity index (χ4n) is 1.09. The molecule has 0 amide bonds. The third-order valence-electron chi connectivity index (χ3n) is 1.87. The van der Waals surface area contributed by atoms with E-state index in [2.05, 4.69) is 0 Å². The van der Waals surface area contributed by atoms with Crippen LogP contribution in [-0.4, -0.2) is 12.6 Å². The first-order valence-electron chi connectivity index (χ1n) is 5.57. The van der Waals surface area contributed by atoms with Crippen LogP contribution in [0.1, 0.15) is 11.8 Å². The van der Waals surface area contributed by atoms with Crippen LogP contribution in [0, 0.1) is 11.3 Å². The van der Waals surface area contributed by atoms with Crippen molar-refractivity contribution in [2.24, 2.45) is 0 Å². The van der Waals surface area contributed by atoms with Gasteiger partial charge in [-0.15, -0.1) is 11.3 Å². The molecule has 0 aliphatic heterocycles. The molecule has 0 unspecified atom stereocenters. The van der Waals surface area contributed by atoms with Gasteiger partial charge < -0.3 is 4.74 Å². The van der Waals surface area contributed by atoms with Crippen molar-refractivity contribution in [1.29, 1.82) is 5.26 Å². The Morgan fingerprint density at radius 3 is 2.53 bits per heavy atom. The van der Waals surface area contributed by atoms with Crippen LogP contribution >= 0.6 is 22.7 Å². The summed E-state index contributed by atoms with van der Waals surface area (Å²) in [5, 5.41) is 14.7. The molecule has 0 saturated carbocycles. The molecule has 0 aliphatic carbocycles. The van der Waals surface area contributed by atoms with Gasteiger partial charge in [-0.1, -0.05) is 18.2 Å². The van der Waals surface area contributed by atoms with E-state index in [0.29, 0.717) is 0 Å². The van der Waals surface area contributed by atoms with Gasteiger partial charge in [-0.05, 0) is 35.2 Å². The summed E-state index contributed by atoms with van der Waals surface area (Å²) in [6.07, 6.45) is 1.53. The molecule has 0 saturated heterocycles. The zero-order valence-electron chi connectivity index (χ0n) is 10.4. The average molecular weight is 291 g/mol. The minimum Gasteiger partial charge on any atom is -0.462 e. The first kappa shape index (κ1) is 15.2. The number of nitriles is 1. The third kappa shape index (κ3) is 6.00. The monoisotopic (exact) mass is 291 g/mol. The van der Waals surface area contributed by atoms with Gasteiger partial charge in [0, 0.05) is 4.88 Å². The van der Waals surface area contributed by atoms with E-state index in [0.717, 1.165) is 4.88 Å². The Hall–Kier alpha value is -1.90. The topological polar surface area (TPSA) is 50.1 Å². The second kappa shape index (κ2) is 9.09. The smallest absolute Gasteiger partial charge is 0.348 e. The SMILES string of the molecule is CCOC(=O)C(C#N)=Cc1cccs1.c1ccsc1. The van der Waals surface area contributed by atoms with Crippen LogP contribution in [0.5, 0.6) is 0 Å². The first-order valence-corrected chi connectivity index (χ1v) is 7.39. The second-order valence-electron chi connectivity index (χ2n) is 3.20. The van der Waals surface area contributed by atoms with Crippen LogP contribution in [0.4, 0.5) is 0 Å². The van der Waals surface area contributed by atoms with E-state index in [1.54, 1.807) is 18.3 Å². The fraction of sp³-hybridized carbons (Fsp3) is 0.143. The number of ether oxygens (including phenoxy) is 1. The quantitative estimate of drug-likeness (QED) is 0.488. The average Bonchev–Trinajstić information content (AvgIpc) is 3.11. The first-order chi connectivity index (χ1) is 9.27. The second-order valence-corrected chi connectivity index (χ2v) is 4.99. The van der Waals surface area contributed by atoms with Gasteiger partial charge in [0.05, 0.1) is 6.61 Å². The van der Waals surface area contributed by atoms with Gasteiger partial charge in [0.1, 0.15) is 11.6 Å². The van der Waals surface area contributed by atoms with E-state index in [4.69, 9.17) is 10.00 Å². The summed E-state index contributed by atoms with van der Waals surface area (Å²) < 4.78 is 4.72. The summed E-state index contributed by atoms with van der Waals surface area (Å²) in [7, 11) is 0. The lowest BCUT2D eigenvalue weighted by molar-refractivity contribution is -0.137. The highest BCUT2D eigenvalue weighted by atomic mass is 32.1. The number of thiophene rings is 2. The summed E-state index contributed by atoms with van der Waals surface area (Å²) in [5.41, 5.74) is 0.0364. The number of carbonyl (C=O) groups excluding carboxylic acids is 1. The van der Waals surface area contributed by atoms with Crippen molar-refractivity contribution < 1.29 is 9.53 Å². The zero-order chi connectivity index (χ0) is 13.9. The van der Waals surface area contributed by atoms with Gasteiger partial charge in [-0.25, -0.2) is 4.79 Å². The van der Waals surface area contributed by atoms with Gasteiger partial charge in [0.2, 0.25) is 0 Å². The molecular formula is C14H13NO2S2. The standard InChI is InChI=1S/C10H9NO2S.C4H4S/c1-2-13-10(12)8(7-11)6-9-4-3-5-14-9;1-2-4-5-3-1/h3-6H,2H2,1H3;1-4H. The van der Waals surface area contributed by atoms with Crippen molar-refractivity contribution in [3.05, 3.63) is 50.9 Å². The molecule has 98 valence electrons. The van der Waals surface area contributed by atoms with E-state index in [-0.39, 0.29) is 12.2 Å². The molecule has 0 bridgehead atoms. The molecule has 0 fully saturated rings. The van der Waals surface area contributed by atoms with E-state index in [1.165, 1.54) is 17.4 Å². The van der Waals surface area contributed by atoms with Crippen LogP contribution in [-0.2, 0) is 9.53 Å². The van der Waals surface area contributed by atoms with E-state index in [1.807, 2.05) is 46.5 Å². The number of carbonyl (C=O) groups is 1. The van der Waals surface area contributed by atoms with Crippen LogP contribution < -0.4 is 0 Å². The van der Waals surface area contributed by atoms with Crippen LogP contribution in [0.25, 0.3) is 6.08 Å². The maximum Gasteiger partial charge on any atom is 0.348 e. The van der Waals surface area contributed by atoms with Crippen molar-refractivity contribution in [1.82, 2.24) is 0 Å². The lowest BCUT2D eigenvalue weighted by Crippen LogP contribution is -2.05. The molecule has 2 aromatic heterocycles. The Kier molecular flexibility index (Phi) is 7.25. The summed E-state index contributed by atoms with van der Waals surface area (Å²) in [6.45, 7) is 1.99. The number of nitrogens with zero attached hydrogens (tertiary/aromatic N) is 1. The molecule has 3 nitrogen and oxygen atoms in total. The van der Waals surface area contributed by atoms with E-state index in [9.17, 15) is 4.79 Å². The molecule has 2 heterocycles. The van der Waals surface area contributed by atoms with E-state index >= 15 is 0 Å². The number of hydrogen-bond acceptors (Lipinski definition) is 5. The van der Waals surface area contributed by atoms with Crippen molar-refractivity contribution >= 4 is 34.7 Å². The lowest BCUT2D eigenvalue weighted by Gasteiger charge is -1.97. The molecule has 2 aromatic rings. The molecule has 0 aromatic carbocycles. The molecule has 5 heteroatoms. The molecular weight excluding hydrogens is 278 g/mol. The van der Waals surface area contributed by atoms with Crippen LogP contribution in [0.15, 0.2) is 46.0 Å². The van der Waals surface area contributed by atoms with Gasteiger partial charge in [-0.3, -0.25) is 0 Å². The molecule has 0 N–H and O–H groups in total. The molecule has 0 atom stereocenters. The maximum absolute atomic E-state index is 11.2. The highest BCUT2D eigenvalue weighted by Crippen LogP contribution is 2.13. The van der Waals surface area contributed by atoms with Crippen molar-refractivity contribution in [2.45, 2.75) is 6.92 Å². The minimum absolute atomic E-state index is 0.0364. The predicted molar refractivity (Wildman–Crippen MR) is 78.9 cm³/mol. The minimum atomic E-state index is -0.566. The van der Waals surface area contributed by atoms with Crippen LogP contribution in [0.3, 0.4) is 0 Å². The molecule has 0 spiro atoms. The summed E-state index contributed by atoms with van der Waals surface area (Å²) in [4.78, 5) is 12.1. The largest absolute Gasteiger partial charge is 0.462 e. The molecule has 0 aliphatic rings. The Balaban J connectivity index is 0.000000300. The number of hydrogen-bond donors (Lipinski definition) is 0. The lowest BCUT2D eigenvalue weighted by atomic mass is 10.2. The third-order valence-corrected chi connectivity index (χ3v) is 3.32. The summed E-state index contributed by atoms with van der Waals surface area (Å²) >= 11 is 3.18. The van der Waals surface area contributed by atoms with Gasteiger partial charge >= 0.3 is 5.97 Å². The Labute approximate surface area is 120 Å². The van der Waals surface area contributed by atoms with Crippen molar-refractivity contribution in [2.75, 3.05) is 6.61 Å². The highest BCUT2D eigenvalue weighted by molar-refractivity contribution is 7.10. The van der Waals surface area contributed by atoms with Crippen molar-refractivity contribution in [3.8, 4) is 6.07 Å². The Morgan fingerprint density at radius 1 is 1.37 bits per heavy atom. The molecule has 0 radical (unpaired) electrons. The Morgan fingerprint density at radius 2 is 2.11 bits per heavy atom. The van der Waals surface area contributed by atoms with Gasteiger partial charge in [0.25, 0.3) is 0 Å². The van der Waals surface area contributed by atoms with Crippen LogP contribution in [0.2, 0.25) is 0 Å². The normalized spacial score (nSPS) is 10.0. The number of rotatable bonds is 3. The molecule has 2 rings (SSSR count). The zero-order valence-corrected chi connectivity index (χ0v) is 12.0. The van der Waals surface area contributed by atoms with Gasteiger partial charge in [-0.2, -0.15) is 16.6 Å². The van der Waals surface area contributed by atoms with Crippen molar-refractivity contribution in [3.63, 3.8) is 0 Å². The van der Waals surface area contributed by atoms with E-state index < -0.39 is 5.97 Å².